The molecule has 28 heavy (non-hydrogen) atoms. The Morgan fingerprint density at radius 3 is 0.786 bits per heavy atom. The first-order valence-electron chi connectivity index (χ1n) is 6.46. The van der Waals surface area contributed by atoms with E-state index in [1.165, 1.54) is 0 Å². The van der Waals surface area contributed by atoms with Crippen molar-refractivity contribution in [2.75, 3.05) is 0 Å². The van der Waals surface area contributed by atoms with E-state index >= 15 is 0 Å². The van der Waals surface area contributed by atoms with E-state index in [2.05, 4.69) is 0 Å². The second kappa shape index (κ2) is 4.59. The topological polar surface area (TPSA) is 0 Å². The molecule has 166 valence electrons. The van der Waals surface area contributed by atoms with Crippen LogP contribution in [0.25, 0.3) is 0 Å². The van der Waals surface area contributed by atoms with Gasteiger partial charge in [0, 0.05) is 0 Å². The number of alkyl halides is 17. The van der Waals surface area contributed by atoms with Gasteiger partial charge in [0.15, 0.2) is 0 Å². The van der Waals surface area contributed by atoms with Gasteiger partial charge in [0.2, 0.25) is 5.67 Å². The molecule has 0 aromatic rings. The minimum Gasteiger partial charge on any atom is -0.233 e. The summed E-state index contributed by atoms with van der Waals surface area (Å²) < 4.78 is 231. The van der Waals surface area contributed by atoms with E-state index in [0.29, 0.717) is 0 Å². The van der Waals surface area contributed by atoms with E-state index in [4.69, 9.17) is 0 Å². The van der Waals surface area contributed by atoms with Gasteiger partial charge in [-0.25, -0.2) is 13.2 Å². The minimum atomic E-state index is -8.27. The zero-order valence-electron chi connectivity index (χ0n) is 12.4. The van der Waals surface area contributed by atoms with E-state index < -0.39 is 65.4 Å². The first kappa shape index (κ1) is 23.1. The van der Waals surface area contributed by atoms with Crippen molar-refractivity contribution in [3.63, 3.8) is 0 Å². The maximum atomic E-state index is 14.5. The Kier molecular flexibility index (Phi) is 3.79. The summed E-state index contributed by atoms with van der Waals surface area (Å²) in [5.41, 5.74) is -23.2. The number of hydrogen-bond acceptors (Lipinski definition) is 0. The standard InChI is InChI=1S/C11H3F17/c1-2(12)3(13)4(14,7(19,20)9(23,24)5(2,15)16)8(21,22)11(27,28)10(25,26)6(3,17)18/h1H3/t2-,3-,4+/m1/s1. The third kappa shape index (κ3) is 1.47. The largest absolute Gasteiger partial charge is 0.382 e. The van der Waals surface area contributed by atoms with Crippen molar-refractivity contribution in [2.45, 2.75) is 65.4 Å². The van der Waals surface area contributed by atoms with Crippen molar-refractivity contribution in [3.05, 3.63) is 0 Å². The number of hydrogen-bond donors (Lipinski definition) is 0. The fourth-order valence-electron chi connectivity index (χ4n) is 3.22. The lowest BCUT2D eigenvalue weighted by molar-refractivity contribution is -0.545. The summed E-state index contributed by atoms with van der Waals surface area (Å²) >= 11 is 0. The molecule has 2 saturated carbocycles. The van der Waals surface area contributed by atoms with Crippen molar-refractivity contribution in [2.24, 2.45) is 0 Å². The molecule has 2 fully saturated rings. The molecule has 0 bridgehead atoms. The molecule has 0 unspecified atom stereocenters. The van der Waals surface area contributed by atoms with Crippen LogP contribution in [0.3, 0.4) is 0 Å². The van der Waals surface area contributed by atoms with E-state index in [1.54, 1.807) is 0 Å². The van der Waals surface area contributed by atoms with Gasteiger partial charge in [-0.15, -0.1) is 0 Å². The number of halogens is 17. The Hall–Kier alpha value is -1.19. The molecule has 0 aromatic heterocycles. The fraction of sp³-hybridized carbons (Fsp3) is 1.00. The van der Waals surface area contributed by atoms with E-state index in [0.717, 1.165) is 0 Å². The minimum absolute atomic E-state index is 1.63. The molecule has 0 amide bonds. The third-order valence-corrected chi connectivity index (χ3v) is 4.98. The number of fused-ring (bicyclic) bond motifs is 1. The van der Waals surface area contributed by atoms with Crippen LogP contribution in [0.5, 0.6) is 0 Å². The summed E-state index contributed by atoms with van der Waals surface area (Å²) in [5.74, 6) is -56.0. The highest BCUT2D eigenvalue weighted by Crippen LogP contribution is 2.80. The predicted molar refractivity (Wildman–Crippen MR) is 51.8 cm³/mol. The summed E-state index contributed by atoms with van der Waals surface area (Å²) in [7, 11) is 0. The van der Waals surface area contributed by atoms with Crippen LogP contribution in [0.4, 0.5) is 74.6 Å². The molecule has 0 N–H and O–H groups in total. The highest BCUT2D eigenvalue weighted by atomic mass is 19.4. The summed E-state index contributed by atoms with van der Waals surface area (Å²) in [5, 5.41) is 0. The van der Waals surface area contributed by atoms with Crippen LogP contribution in [0.1, 0.15) is 6.92 Å². The Morgan fingerprint density at radius 1 is 0.286 bits per heavy atom. The van der Waals surface area contributed by atoms with E-state index in [9.17, 15) is 74.6 Å². The lowest BCUT2D eigenvalue weighted by atomic mass is 9.51. The summed E-state index contributed by atoms with van der Waals surface area (Å²) in [6.07, 6.45) is 0. The molecule has 0 saturated heterocycles. The Labute approximate surface area is 141 Å². The summed E-state index contributed by atoms with van der Waals surface area (Å²) in [6, 6.07) is 0. The van der Waals surface area contributed by atoms with Crippen LogP contribution in [-0.2, 0) is 0 Å². The highest BCUT2D eigenvalue weighted by Gasteiger charge is 3.13. The second-order valence-electron chi connectivity index (χ2n) is 6.34. The normalized spacial score (nSPS) is 46.5. The van der Waals surface area contributed by atoms with Gasteiger partial charge in [-0.3, -0.25) is 0 Å². The molecule has 2 aliphatic rings. The molecule has 0 nitrogen and oxygen atoms in total. The maximum absolute atomic E-state index is 14.5. The first-order chi connectivity index (χ1) is 11.8. The van der Waals surface area contributed by atoms with Gasteiger partial charge in [-0.1, -0.05) is 0 Å². The average Bonchev–Trinajstić information content (AvgIpc) is 2.49. The van der Waals surface area contributed by atoms with Crippen molar-refractivity contribution in [1.29, 1.82) is 0 Å². The van der Waals surface area contributed by atoms with Crippen molar-refractivity contribution in [3.8, 4) is 0 Å². The van der Waals surface area contributed by atoms with Gasteiger partial charge < -0.3 is 0 Å². The Balaban J connectivity index is 3.23. The number of rotatable bonds is 0. The monoisotopic (exact) mass is 458 g/mol. The lowest BCUT2D eigenvalue weighted by Gasteiger charge is -2.64. The van der Waals surface area contributed by atoms with Crippen molar-refractivity contribution >= 4 is 0 Å². The molecular formula is C11H3F17. The molecule has 0 aromatic carbocycles. The highest BCUT2D eigenvalue weighted by molar-refractivity contribution is 5.43. The lowest BCUT2D eigenvalue weighted by Crippen LogP contribution is -2.98. The fourth-order valence-corrected chi connectivity index (χ4v) is 3.22. The molecule has 3 atom stereocenters. The average molecular weight is 458 g/mol. The smallest absolute Gasteiger partial charge is 0.233 e. The van der Waals surface area contributed by atoms with Crippen molar-refractivity contribution < 1.29 is 74.6 Å². The van der Waals surface area contributed by atoms with Gasteiger partial charge in [-0.05, 0) is 6.92 Å². The van der Waals surface area contributed by atoms with Crippen LogP contribution < -0.4 is 0 Å². The van der Waals surface area contributed by atoms with Gasteiger partial charge in [-0.2, -0.15) is 61.5 Å². The Bertz CT molecular complexity index is 588. The second-order valence-corrected chi connectivity index (χ2v) is 6.34. The van der Waals surface area contributed by atoms with Gasteiger partial charge >= 0.3 is 41.5 Å². The molecule has 0 radical (unpaired) electrons. The van der Waals surface area contributed by atoms with Crippen LogP contribution >= 0.6 is 0 Å². The molecule has 2 rings (SSSR count). The zero-order chi connectivity index (χ0) is 23.0. The predicted octanol–water partition coefficient (Wildman–Crippen LogP) is 5.61. The SMILES string of the molecule is C[C@]1(F)C(F)(F)C(F)(F)C(F)(F)[C@]2(F)C(F)(F)C(F)(F)C(F)(F)C(F)(F)[C@]21F. The van der Waals surface area contributed by atoms with E-state index in [1.807, 2.05) is 0 Å². The molecule has 0 heterocycles. The van der Waals surface area contributed by atoms with Crippen LogP contribution in [0, 0.1) is 0 Å². The first-order valence-corrected chi connectivity index (χ1v) is 6.46. The molecule has 0 aliphatic heterocycles. The van der Waals surface area contributed by atoms with Crippen molar-refractivity contribution in [1.82, 2.24) is 0 Å². The van der Waals surface area contributed by atoms with Crippen LogP contribution in [0.15, 0.2) is 0 Å². The van der Waals surface area contributed by atoms with Gasteiger partial charge in [0.25, 0.3) is 11.3 Å². The quantitative estimate of drug-likeness (QED) is 0.415. The molecule has 17 heteroatoms. The van der Waals surface area contributed by atoms with Crippen LogP contribution in [-0.4, -0.2) is 58.5 Å². The maximum Gasteiger partial charge on any atom is 0.382 e. The third-order valence-electron chi connectivity index (χ3n) is 4.98. The summed E-state index contributed by atoms with van der Waals surface area (Å²) in [6.45, 7) is -1.63. The molecule has 0 spiro atoms. The summed E-state index contributed by atoms with van der Waals surface area (Å²) in [4.78, 5) is 0. The Morgan fingerprint density at radius 2 is 0.500 bits per heavy atom. The molecule has 2 aliphatic carbocycles. The van der Waals surface area contributed by atoms with Gasteiger partial charge in [0.05, 0.1) is 0 Å². The van der Waals surface area contributed by atoms with Gasteiger partial charge in [0.1, 0.15) is 0 Å². The zero-order valence-corrected chi connectivity index (χ0v) is 12.4. The molecular weight excluding hydrogens is 455 g/mol. The van der Waals surface area contributed by atoms with E-state index in [-0.39, 0.29) is 0 Å². The van der Waals surface area contributed by atoms with Crippen LogP contribution in [0.2, 0.25) is 0 Å².